The maximum absolute atomic E-state index is 13.8. The van der Waals surface area contributed by atoms with Crippen LogP contribution >= 0.6 is 11.6 Å². The van der Waals surface area contributed by atoms with E-state index in [9.17, 15) is 14.0 Å². The lowest BCUT2D eigenvalue weighted by molar-refractivity contribution is 0.0680. The van der Waals surface area contributed by atoms with Gasteiger partial charge in [0.05, 0.1) is 30.2 Å². The number of carbonyl (C=O) groups is 2. The van der Waals surface area contributed by atoms with Gasteiger partial charge in [-0.25, -0.2) is 9.18 Å². The minimum atomic E-state index is -1.26. The van der Waals surface area contributed by atoms with Crippen molar-refractivity contribution in [3.63, 3.8) is 0 Å². The van der Waals surface area contributed by atoms with Crippen LogP contribution < -0.4 is 5.32 Å². The molecule has 26 heavy (non-hydrogen) atoms. The number of aromatic nitrogens is 4. The van der Waals surface area contributed by atoms with E-state index in [-0.39, 0.29) is 28.4 Å². The largest absolute Gasteiger partial charge is 0.477 e. The SMILES string of the molecule is Cn1ncc(C(=O)Nc2cnn(Cc3c(F)cccc3Cl)c2)c1C(=O)O. The third-order valence-electron chi connectivity index (χ3n) is 3.66. The van der Waals surface area contributed by atoms with Gasteiger partial charge in [0, 0.05) is 23.8 Å². The molecule has 0 unspecified atom stereocenters. The summed E-state index contributed by atoms with van der Waals surface area (Å²) < 4.78 is 16.3. The summed E-state index contributed by atoms with van der Waals surface area (Å²) in [6.45, 7) is 0.0780. The Morgan fingerprint density at radius 3 is 2.77 bits per heavy atom. The van der Waals surface area contributed by atoms with E-state index in [0.29, 0.717) is 5.69 Å². The van der Waals surface area contributed by atoms with E-state index in [1.807, 2.05) is 0 Å². The summed E-state index contributed by atoms with van der Waals surface area (Å²) in [6, 6.07) is 4.37. The van der Waals surface area contributed by atoms with Crippen molar-refractivity contribution in [3.05, 3.63) is 64.5 Å². The first kappa shape index (κ1) is 17.6. The molecule has 0 aliphatic rings. The Labute approximate surface area is 151 Å². The topological polar surface area (TPSA) is 102 Å². The van der Waals surface area contributed by atoms with E-state index < -0.39 is 17.7 Å². The Bertz CT molecular complexity index is 977. The van der Waals surface area contributed by atoms with Crippen LogP contribution in [0.3, 0.4) is 0 Å². The van der Waals surface area contributed by atoms with Gasteiger partial charge in [-0.1, -0.05) is 17.7 Å². The minimum absolute atomic E-state index is 0.0780. The summed E-state index contributed by atoms with van der Waals surface area (Å²) >= 11 is 5.98. The van der Waals surface area contributed by atoms with Crippen LogP contribution in [0.4, 0.5) is 10.1 Å². The highest BCUT2D eigenvalue weighted by Crippen LogP contribution is 2.20. The molecule has 3 rings (SSSR count). The molecule has 0 bridgehead atoms. The molecule has 2 N–H and O–H groups in total. The van der Waals surface area contributed by atoms with Gasteiger partial charge < -0.3 is 10.4 Å². The van der Waals surface area contributed by atoms with Crippen LogP contribution in [0.15, 0.2) is 36.8 Å². The fourth-order valence-electron chi connectivity index (χ4n) is 2.42. The van der Waals surface area contributed by atoms with Gasteiger partial charge in [0.1, 0.15) is 5.82 Å². The molecule has 1 aromatic carbocycles. The number of nitrogens with zero attached hydrogens (tertiary/aromatic N) is 4. The molecule has 10 heteroatoms. The van der Waals surface area contributed by atoms with Gasteiger partial charge in [-0.3, -0.25) is 14.2 Å². The van der Waals surface area contributed by atoms with E-state index in [2.05, 4.69) is 15.5 Å². The molecular weight excluding hydrogens is 365 g/mol. The van der Waals surface area contributed by atoms with Gasteiger partial charge in [-0.2, -0.15) is 10.2 Å². The van der Waals surface area contributed by atoms with Gasteiger partial charge in [0.15, 0.2) is 5.69 Å². The molecule has 2 aromatic heterocycles. The predicted octanol–water partition coefficient (Wildman–Crippen LogP) is 2.41. The number of aryl methyl sites for hydroxylation is 1. The van der Waals surface area contributed by atoms with Crippen molar-refractivity contribution in [1.29, 1.82) is 0 Å². The second kappa shape index (κ2) is 6.96. The number of carboxylic acids is 1. The summed E-state index contributed by atoms with van der Waals surface area (Å²) in [4.78, 5) is 23.5. The number of carboxylic acid groups (broad SMARTS) is 1. The lowest BCUT2D eigenvalue weighted by Gasteiger charge is -2.06. The highest BCUT2D eigenvalue weighted by molar-refractivity contribution is 6.31. The highest BCUT2D eigenvalue weighted by atomic mass is 35.5. The van der Waals surface area contributed by atoms with Crippen LogP contribution in [-0.2, 0) is 13.6 Å². The van der Waals surface area contributed by atoms with Crippen LogP contribution in [0.2, 0.25) is 5.02 Å². The number of aromatic carboxylic acids is 1. The van der Waals surface area contributed by atoms with Gasteiger partial charge in [-0.15, -0.1) is 0 Å². The lowest BCUT2D eigenvalue weighted by Crippen LogP contribution is -2.16. The van der Waals surface area contributed by atoms with E-state index in [0.717, 1.165) is 4.68 Å². The smallest absolute Gasteiger partial charge is 0.354 e. The zero-order valence-electron chi connectivity index (χ0n) is 13.5. The Balaban J connectivity index is 1.77. The average molecular weight is 378 g/mol. The number of benzene rings is 1. The third kappa shape index (κ3) is 3.42. The van der Waals surface area contributed by atoms with Crippen molar-refractivity contribution in [2.45, 2.75) is 6.54 Å². The molecule has 0 spiro atoms. The van der Waals surface area contributed by atoms with Crippen LogP contribution in [0.5, 0.6) is 0 Å². The lowest BCUT2D eigenvalue weighted by atomic mass is 10.2. The van der Waals surface area contributed by atoms with Gasteiger partial charge in [0.2, 0.25) is 0 Å². The fraction of sp³-hybridized carbons (Fsp3) is 0.125. The van der Waals surface area contributed by atoms with E-state index in [1.165, 1.54) is 42.5 Å². The second-order valence-corrected chi connectivity index (χ2v) is 5.82. The quantitative estimate of drug-likeness (QED) is 0.710. The molecular formula is C16H13ClFN5O3. The number of rotatable bonds is 5. The number of hydrogen-bond acceptors (Lipinski definition) is 4. The molecule has 2 heterocycles. The van der Waals surface area contributed by atoms with Crippen LogP contribution in [0, 0.1) is 5.82 Å². The van der Waals surface area contributed by atoms with Crippen molar-refractivity contribution in [3.8, 4) is 0 Å². The molecule has 0 saturated heterocycles. The number of anilines is 1. The minimum Gasteiger partial charge on any atom is -0.477 e. The number of halogens is 2. The molecule has 1 amide bonds. The summed E-state index contributed by atoms with van der Waals surface area (Å²) in [6.07, 6.45) is 4.02. The second-order valence-electron chi connectivity index (χ2n) is 5.42. The zero-order valence-corrected chi connectivity index (χ0v) is 14.2. The van der Waals surface area contributed by atoms with Crippen LogP contribution in [0.25, 0.3) is 0 Å². The van der Waals surface area contributed by atoms with Gasteiger partial charge >= 0.3 is 5.97 Å². The first-order valence-corrected chi connectivity index (χ1v) is 7.76. The van der Waals surface area contributed by atoms with E-state index >= 15 is 0 Å². The predicted molar refractivity (Wildman–Crippen MR) is 90.9 cm³/mol. The fourth-order valence-corrected chi connectivity index (χ4v) is 2.64. The third-order valence-corrected chi connectivity index (χ3v) is 4.01. The molecule has 0 atom stereocenters. The monoisotopic (exact) mass is 377 g/mol. The Morgan fingerprint density at radius 2 is 2.08 bits per heavy atom. The molecule has 3 aromatic rings. The maximum atomic E-state index is 13.8. The molecule has 8 nitrogen and oxygen atoms in total. The maximum Gasteiger partial charge on any atom is 0.354 e. The number of nitrogens with one attached hydrogen (secondary N) is 1. The van der Waals surface area contributed by atoms with Crippen molar-refractivity contribution in [2.75, 3.05) is 5.32 Å². The van der Waals surface area contributed by atoms with Crippen LogP contribution in [0.1, 0.15) is 26.4 Å². The number of hydrogen-bond donors (Lipinski definition) is 2. The molecule has 0 aliphatic carbocycles. The summed E-state index contributed by atoms with van der Waals surface area (Å²) in [5.41, 5.74) is 0.288. The number of carbonyl (C=O) groups excluding carboxylic acids is 1. The first-order chi connectivity index (χ1) is 12.4. The Kier molecular flexibility index (Phi) is 4.72. The standard InChI is InChI=1S/C16H13ClFN5O3/c1-22-14(16(25)26)10(6-19-22)15(24)21-9-5-20-23(7-9)8-11-12(17)3-2-4-13(11)18/h2-7H,8H2,1H3,(H,21,24)(H,25,26). The summed E-state index contributed by atoms with van der Waals surface area (Å²) in [5, 5.41) is 19.8. The van der Waals surface area contributed by atoms with Crippen molar-refractivity contribution >= 4 is 29.2 Å². The highest BCUT2D eigenvalue weighted by Gasteiger charge is 2.22. The van der Waals surface area contributed by atoms with E-state index in [4.69, 9.17) is 16.7 Å². The molecule has 0 aliphatic heterocycles. The van der Waals surface area contributed by atoms with Gasteiger partial charge in [-0.05, 0) is 12.1 Å². The summed E-state index contributed by atoms with van der Waals surface area (Å²) in [7, 11) is 1.43. The Hall–Kier alpha value is -3.20. The first-order valence-electron chi connectivity index (χ1n) is 7.39. The van der Waals surface area contributed by atoms with Crippen molar-refractivity contribution in [2.24, 2.45) is 7.05 Å². The molecule has 0 radical (unpaired) electrons. The zero-order chi connectivity index (χ0) is 18.8. The summed E-state index contributed by atoms with van der Waals surface area (Å²) in [5.74, 6) is -2.36. The number of amides is 1. The van der Waals surface area contributed by atoms with Crippen molar-refractivity contribution < 1.29 is 19.1 Å². The Morgan fingerprint density at radius 1 is 1.31 bits per heavy atom. The van der Waals surface area contributed by atoms with E-state index in [1.54, 1.807) is 6.07 Å². The molecule has 134 valence electrons. The van der Waals surface area contributed by atoms with Crippen LogP contribution in [-0.4, -0.2) is 36.5 Å². The van der Waals surface area contributed by atoms with Gasteiger partial charge in [0.25, 0.3) is 5.91 Å². The molecule has 0 saturated carbocycles. The molecule has 0 fully saturated rings. The average Bonchev–Trinajstić information content (AvgIpc) is 3.17. The van der Waals surface area contributed by atoms with Crippen molar-refractivity contribution in [1.82, 2.24) is 19.6 Å². The normalized spacial score (nSPS) is 10.7.